The topological polar surface area (TPSA) is 100 Å². The van der Waals surface area contributed by atoms with Gasteiger partial charge in [-0.25, -0.2) is 14.0 Å². The molecule has 0 unspecified atom stereocenters. The van der Waals surface area contributed by atoms with Crippen LogP contribution in [-0.4, -0.2) is 59.8 Å². The summed E-state index contributed by atoms with van der Waals surface area (Å²) < 4.78 is 10.4. The molecule has 0 atom stereocenters. The van der Waals surface area contributed by atoms with Crippen molar-refractivity contribution in [3.63, 3.8) is 0 Å². The number of aryl methyl sites for hydroxylation is 1. The van der Waals surface area contributed by atoms with Crippen LogP contribution in [-0.2, 0) is 13.1 Å². The Morgan fingerprint density at radius 3 is 2.80 bits per heavy atom. The fraction of sp³-hybridized carbons (Fsp3) is 0.450. The lowest BCUT2D eigenvalue weighted by Crippen LogP contribution is -2.40. The van der Waals surface area contributed by atoms with E-state index in [-0.39, 0.29) is 17.4 Å². The number of fused-ring (bicyclic) bond motifs is 1. The molecule has 1 amide bonds. The second kappa shape index (κ2) is 7.77. The van der Waals surface area contributed by atoms with E-state index in [1.807, 2.05) is 11.0 Å². The summed E-state index contributed by atoms with van der Waals surface area (Å²) in [5.74, 6) is 1.50. The number of hydrogen-bond donors (Lipinski definition) is 0. The van der Waals surface area contributed by atoms with E-state index in [1.165, 1.54) is 10.7 Å². The summed E-state index contributed by atoms with van der Waals surface area (Å²) in [6, 6.07) is 6.73. The van der Waals surface area contributed by atoms with Gasteiger partial charge in [0.2, 0.25) is 5.88 Å². The summed E-state index contributed by atoms with van der Waals surface area (Å²) in [7, 11) is 0. The molecule has 1 saturated heterocycles. The van der Waals surface area contributed by atoms with E-state index in [0.29, 0.717) is 43.6 Å². The normalized spacial score (nSPS) is 16.9. The van der Waals surface area contributed by atoms with E-state index in [0.717, 1.165) is 25.8 Å². The molecule has 156 valence electrons. The lowest BCUT2D eigenvalue weighted by molar-refractivity contribution is 0.0673. The Labute approximate surface area is 172 Å². The van der Waals surface area contributed by atoms with Crippen LogP contribution in [0.25, 0.3) is 5.82 Å². The molecule has 2 aliphatic rings. The average molecular weight is 409 g/mol. The standard InChI is InChI=1S/C20H23N7O3/c28-18-4-3-17(25-8-1-7-21-25)23-27(18)14-15-5-10-24(11-6-15)20(29)16-13-19-26(22-16)9-2-12-30-19/h1,3-4,7-8,13,15H,2,5-6,9-12,14H2. The fourth-order valence-electron chi connectivity index (χ4n) is 3.99. The number of nitrogens with zero attached hydrogens (tertiary/aromatic N) is 7. The Kier molecular flexibility index (Phi) is 4.82. The van der Waals surface area contributed by atoms with Gasteiger partial charge in [0.15, 0.2) is 11.5 Å². The molecule has 0 saturated carbocycles. The van der Waals surface area contributed by atoms with Crippen LogP contribution < -0.4 is 10.3 Å². The van der Waals surface area contributed by atoms with Crippen LogP contribution in [0.15, 0.2) is 41.5 Å². The van der Waals surface area contributed by atoms with Gasteiger partial charge < -0.3 is 9.64 Å². The number of ether oxygens (including phenoxy) is 1. The number of rotatable bonds is 4. The Morgan fingerprint density at radius 2 is 2.03 bits per heavy atom. The number of carbonyl (C=O) groups is 1. The van der Waals surface area contributed by atoms with Crippen LogP contribution in [0.1, 0.15) is 29.8 Å². The molecule has 0 bridgehead atoms. The monoisotopic (exact) mass is 409 g/mol. The zero-order chi connectivity index (χ0) is 20.5. The molecule has 0 N–H and O–H groups in total. The minimum atomic E-state index is -0.131. The van der Waals surface area contributed by atoms with Gasteiger partial charge in [0.25, 0.3) is 11.5 Å². The van der Waals surface area contributed by atoms with Gasteiger partial charge in [0, 0.05) is 57.1 Å². The third-order valence-corrected chi connectivity index (χ3v) is 5.65. The van der Waals surface area contributed by atoms with Gasteiger partial charge in [-0.05, 0) is 30.9 Å². The highest BCUT2D eigenvalue weighted by molar-refractivity contribution is 5.92. The summed E-state index contributed by atoms with van der Waals surface area (Å²) in [6.07, 6.45) is 6.00. The molecule has 10 heteroatoms. The quantitative estimate of drug-likeness (QED) is 0.636. The molecular weight excluding hydrogens is 386 g/mol. The van der Waals surface area contributed by atoms with Crippen LogP contribution in [0.5, 0.6) is 5.88 Å². The molecule has 5 heterocycles. The molecule has 0 radical (unpaired) electrons. The third kappa shape index (κ3) is 3.60. The predicted molar refractivity (Wildman–Crippen MR) is 107 cm³/mol. The minimum absolute atomic E-state index is 0.0603. The first-order chi connectivity index (χ1) is 14.7. The summed E-state index contributed by atoms with van der Waals surface area (Å²) in [4.78, 5) is 26.9. The first kappa shape index (κ1) is 18.6. The second-order valence-corrected chi connectivity index (χ2v) is 7.69. The van der Waals surface area contributed by atoms with Crippen LogP contribution in [0.4, 0.5) is 0 Å². The van der Waals surface area contributed by atoms with Crippen LogP contribution >= 0.6 is 0 Å². The number of aromatic nitrogens is 6. The predicted octanol–water partition coefficient (Wildman–Crippen LogP) is 0.960. The van der Waals surface area contributed by atoms with Gasteiger partial charge in [-0.15, -0.1) is 5.10 Å². The maximum atomic E-state index is 12.8. The van der Waals surface area contributed by atoms with Crippen molar-refractivity contribution in [3.05, 3.63) is 52.7 Å². The highest BCUT2D eigenvalue weighted by Gasteiger charge is 2.27. The van der Waals surface area contributed by atoms with E-state index >= 15 is 0 Å². The smallest absolute Gasteiger partial charge is 0.274 e. The zero-order valence-corrected chi connectivity index (χ0v) is 16.6. The van der Waals surface area contributed by atoms with Crippen LogP contribution in [0.2, 0.25) is 0 Å². The lowest BCUT2D eigenvalue weighted by atomic mass is 9.96. The summed E-state index contributed by atoms with van der Waals surface area (Å²) >= 11 is 0. The van der Waals surface area contributed by atoms with Gasteiger partial charge in [-0.2, -0.15) is 10.2 Å². The van der Waals surface area contributed by atoms with E-state index < -0.39 is 0 Å². The van der Waals surface area contributed by atoms with Crippen LogP contribution in [0.3, 0.4) is 0 Å². The van der Waals surface area contributed by atoms with E-state index in [1.54, 1.807) is 33.9 Å². The van der Waals surface area contributed by atoms with Crippen molar-refractivity contribution in [3.8, 4) is 11.7 Å². The molecule has 3 aromatic rings. The van der Waals surface area contributed by atoms with Crippen molar-refractivity contribution < 1.29 is 9.53 Å². The molecule has 5 rings (SSSR count). The molecule has 2 aliphatic heterocycles. The van der Waals surface area contributed by atoms with Gasteiger partial charge in [0.05, 0.1) is 6.61 Å². The van der Waals surface area contributed by atoms with Gasteiger partial charge in [-0.1, -0.05) is 0 Å². The Morgan fingerprint density at radius 1 is 1.17 bits per heavy atom. The Hall–Kier alpha value is -3.43. The molecule has 10 nitrogen and oxygen atoms in total. The third-order valence-electron chi connectivity index (χ3n) is 5.65. The zero-order valence-electron chi connectivity index (χ0n) is 16.6. The molecule has 30 heavy (non-hydrogen) atoms. The number of likely N-dealkylation sites (tertiary alicyclic amines) is 1. The Bertz CT molecular complexity index is 1070. The average Bonchev–Trinajstić information content (AvgIpc) is 3.45. The highest BCUT2D eigenvalue weighted by Crippen LogP contribution is 2.23. The molecular formula is C20H23N7O3. The van der Waals surface area contributed by atoms with Crippen LogP contribution in [0, 0.1) is 5.92 Å². The molecule has 0 aliphatic carbocycles. The Balaban J connectivity index is 1.22. The fourth-order valence-corrected chi connectivity index (χ4v) is 3.99. The van der Waals surface area contributed by atoms with E-state index in [2.05, 4.69) is 15.3 Å². The summed E-state index contributed by atoms with van der Waals surface area (Å²) in [5, 5.41) is 13.0. The van der Waals surface area contributed by atoms with Gasteiger partial charge in [0.1, 0.15) is 0 Å². The van der Waals surface area contributed by atoms with Gasteiger partial charge >= 0.3 is 0 Å². The SMILES string of the molecule is O=C(c1cc2n(n1)CCCO2)N1CCC(Cn2nc(-n3cccn3)ccc2=O)CC1. The van der Waals surface area contributed by atoms with Crippen molar-refractivity contribution >= 4 is 5.91 Å². The maximum absolute atomic E-state index is 12.8. The van der Waals surface area contributed by atoms with Crippen molar-refractivity contribution in [1.29, 1.82) is 0 Å². The number of amides is 1. The molecule has 1 fully saturated rings. The number of carbonyl (C=O) groups excluding carboxylic acids is 1. The minimum Gasteiger partial charge on any atom is -0.478 e. The first-order valence-electron chi connectivity index (χ1n) is 10.3. The van der Waals surface area contributed by atoms with E-state index in [9.17, 15) is 9.59 Å². The molecule has 0 spiro atoms. The lowest BCUT2D eigenvalue weighted by Gasteiger charge is -2.31. The van der Waals surface area contributed by atoms with E-state index in [4.69, 9.17) is 4.74 Å². The number of hydrogen-bond acceptors (Lipinski definition) is 6. The second-order valence-electron chi connectivity index (χ2n) is 7.69. The summed E-state index contributed by atoms with van der Waals surface area (Å²) in [5.41, 5.74) is 0.308. The van der Waals surface area contributed by atoms with Gasteiger partial charge in [-0.3, -0.25) is 9.59 Å². The van der Waals surface area contributed by atoms with Crippen molar-refractivity contribution in [2.75, 3.05) is 19.7 Å². The summed E-state index contributed by atoms with van der Waals surface area (Å²) in [6.45, 7) is 3.26. The van der Waals surface area contributed by atoms with Crippen molar-refractivity contribution in [2.45, 2.75) is 32.4 Å². The molecule has 3 aromatic heterocycles. The highest BCUT2D eigenvalue weighted by atomic mass is 16.5. The maximum Gasteiger partial charge on any atom is 0.274 e. The van der Waals surface area contributed by atoms with Crippen molar-refractivity contribution in [1.82, 2.24) is 34.2 Å². The van der Waals surface area contributed by atoms with Crippen molar-refractivity contribution in [2.24, 2.45) is 5.92 Å². The first-order valence-corrected chi connectivity index (χ1v) is 10.3. The largest absolute Gasteiger partial charge is 0.478 e. The number of piperidine rings is 1. The molecule has 0 aromatic carbocycles.